The van der Waals surface area contributed by atoms with Gasteiger partial charge in [-0.15, -0.1) is 0 Å². The minimum Gasteiger partial charge on any atom is -0.497 e. The van der Waals surface area contributed by atoms with Gasteiger partial charge in [-0.2, -0.15) is 5.10 Å². The molecule has 34 heavy (non-hydrogen) atoms. The maximum absolute atomic E-state index is 12.9. The van der Waals surface area contributed by atoms with Gasteiger partial charge in [0.1, 0.15) is 18.0 Å². The molecule has 1 aromatic heterocycles. The summed E-state index contributed by atoms with van der Waals surface area (Å²) in [5.74, 6) is -0.984. The van der Waals surface area contributed by atoms with Gasteiger partial charge in [0.2, 0.25) is 5.78 Å². The predicted molar refractivity (Wildman–Crippen MR) is 132 cm³/mol. The Labute approximate surface area is 207 Å². The molecule has 0 spiro atoms. The van der Waals surface area contributed by atoms with E-state index in [2.05, 4.69) is 5.10 Å². The molecule has 1 amide bonds. The number of Topliss-reactive ketones (excluding diaryl/α,β-unsaturated/α-hetero) is 1. The quantitative estimate of drug-likeness (QED) is 0.466. The fraction of sp³-hybridized carbons (Fsp3) is 0.160. The summed E-state index contributed by atoms with van der Waals surface area (Å²) in [5, 5.41) is 5.52. The first-order valence-electron chi connectivity index (χ1n) is 10.5. The average Bonchev–Trinajstić information content (AvgIpc) is 3.34. The van der Waals surface area contributed by atoms with Crippen LogP contribution in [0.4, 0.5) is 0 Å². The molecule has 0 aliphatic carbocycles. The number of ether oxygens (including phenoxy) is 1. The van der Waals surface area contributed by atoms with Crippen LogP contribution in [0, 0.1) is 0 Å². The van der Waals surface area contributed by atoms with Gasteiger partial charge in [0.25, 0.3) is 5.91 Å². The molecule has 2 heterocycles. The molecule has 7 nitrogen and oxygen atoms in total. The topological polar surface area (TPSA) is 90.5 Å². The molecule has 2 unspecified atom stereocenters. The van der Waals surface area contributed by atoms with Crippen LogP contribution in [0.1, 0.15) is 11.7 Å². The van der Waals surface area contributed by atoms with E-state index in [-0.39, 0.29) is 6.42 Å². The Balaban J connectivity index is 1.67. The Bertz CT molecular complexity index is 1270. The number of nitrogens with two attached hydrogens (primary N) is 1. The van der Waals surface area contributed by atoms with Crippen molar-refractivity contribution in [3.05, 3.63) is 94.8 Å². The van der Waals surface area contributed by atoms with Crippen molar-refractivity contribution in [3.63, 3.8) is 0 Å². The number of hydrogen-bond donors (Lipinski definition) is 1. The molecule has 0 saturated carbocycles. The van der Waals surface area contributed by atoms with Crippen molar-refractivity contribution in [2.75, 3.05) is 7.11 Å². The molecule has 0 radical (unpaired) electrons. The van der Waals surface area contributed by atoms with Gasteiger partial charge in [-0.1, -0.05) is 53.5 Å². The molecule has 0 bridgehead atoms. The van der Waals surface area contributed by atoms with Crippen molar-refractivity contribution in [2.24, 2.45) is 5.73 Å². The fourth-order valence-corrected chi connectivity index (χ4v) is 4.22. The van der Waals surface area contributed by atoms with Crippen LogP contribution in [0.25, 0.3) is 11.3 Å². The third kappa shape index (κ3) is 4.85. The van der Waals surface area contributed by atoms with Gasteiger partial charge in [-0.25, -0.2) is 4.68 Å². The van der Waals surface area contributed by atoms with Crippen molar-refractivity contribution in [1.29, 1.82) is 0 Å². The molecular weight excluding hydrogens is 475 g/mol. The van der Waals surface area contributed by atoms with Crippen LogP contribution in [-0.2, 0) is 16.0 Å². The van der Waals surface area contributed by atoms with Gasteiger partial charge in [-0.05, 0) is 42.0 Å². The van der Waals surface area contributed by atoms with E-state index in [1.54, 1.807) is 59.4 Å². The van der Waals surface area contributed by atoms with Crippen molar-refractivity contribution >= 4 is 34.9 Å². The summed E-state index contributed by atoms with van der Waals surface area (Å²) in [7, 11) is 1.58. The first-order valence-corrected chi connectivity index (χ1v) is 11.2. The number of rotatable bonds is 8. The summed E-state index contributed by atoms with van der Waals surface area (Å²) in [6.45, 7) is 0. The largest absolute Gasteiger partial charge is 0.497 e. The number of amides is 1. The van der Waals surface area contributed by atoms with Gasteiger partial charge in [0.05, 0.1) is 22.8 Å². The van der Waals surface area contributed by atoms with Crippen molar-refractivity contribution < 1.29 is 14.3 Å². The number of aromatic nitrogens is 2. The molecule has 2 N–H and O–H groups in total. The highest BCUT2D eigenvalue weighted by Crippen LogP contribution is 2.33. The fourth-order valence-electron chi connectivity index (χ4n) is 3.83. The zero-order valence-corrected chi connectivity index (χ0v) is 19.8. The Hall–Kier alpha value is -3.55. The molecular formula is C25H22Cl2N4O3. The van der Waals surface area contributed by atoms with E-state index in [1.807, 2.05) is 36.4 Å². The zero-order chi connectivity index (χ0) is 24.2. The zero-order valence-electron chi connectivity index (χ0n) is 18.3. The number of allylic oxidation sites excluding steroid dienone is 2. The number of nitrogens with zero attached hydrogens (tertiary/aromatic N) is 3. The lowest BCUT2D eigenvalue weighted by Gasteiger charge is -2.36. The SMILES string of the molecule is COc1ccc(CC(C(=O)C(N)=O)N2C=CC=CC2n2ccc(-c3cccc(Cl)c3Cl)n2)cc1. The van der Waals surface area contributed by atoms with Crippen LogP contribution in [0.15, 0.2) is 79.2 Å². The van der Waals surface area contributed by atoms with Crippen LogP contribution < -0.4 is 10.5 Å². The lowest BCUT2D eigenvalue weighted by Crippen LogP contribution is -2.48. The van der Waals surface area contributed by atoms with Crippen LogP contribution in [0.5, 0.6) is 5.75 Å². The number of carbonyl (C=O) groups is 2. The Morgan fingerprint density at radius 1 is 1.12 bits per heavy atom. The number of hydrogen-bond acceptors (Lipinski definition) is 5. The lowest BCUT2D eigenvalue weighted by molar-refractivity contribution is -0.139. The number of methoxy groups -OCH3 is 1. The minimum absolute atomic E-state index is 0.273. The second-order valence-corrected chi connectivity index (χ2v) is 8.45. The van der Waals surface area contributed by atoms with Gasteiger partial charge >= 0.3 is 0 Å². The summed E-state index contributed by atoms with van der Waals surface area (Å²) in [5.41, 5.74) is 7.59. The van der Waals surface area contributed by atoms with Gasteiger partial charge in [0, 0.05) is 24.4 Å². The van der Waals surface area contributed by atoms with E-state index in [0.29, 0.717) is 27.1 Å². The number of benzene rings is 2. The molecule has 3 aromatic rings. The van der Waals surface area contributed by atoms with E-state index in [4.69, 9.17) is 33.7 Å². The van der Waals surface area contributed by atoms with E-state index in [1.165, 1.54) is 0 Å². The third-order valence-electron chi connectivity index (χ3n) is 5.56. The maximum Gasteiger partial charge on any atom is 0.287 e. The second-order valence-electron chi connectivity index (χ2n) is 7.67. The van der Waals surface area contributed by atoms with Crippen LogP contribution in [0.2, 0.25) is 10.0 Å². The maximum atomic E-state index is 12.9. The Morgan fingerprint density at radius 3 is 2.59 bits per heavy atom. The number of primary amides is 1. The molecule has 9 heteroatoms. The van der Waals surface area contributed by atoms with Crippen LogP contribution in [-0.4, -0.2) is 39.5 Å². The van der Waals surface area contributed by atoms with Gasteiger partial charge in [0.15, 0.2) is 0 Å². The van der Waals surface area contributed by atoms with Crippen LogP contribution in [0.3, 0.4) is 0 Å². The van der Waals surface area contributed by atoms with Crippen molar-refractivity contribution in [1.82, 2.24) is 14.7 Å². The average molecular weight is 497 g/mol. The molecule has 0 fully saturated rings. The van der Waals surface area contributed by atoms with E-state index < -0.39 is 23.9 Å². The monoisotopic (exact) mass is 496 g/mol. The number of ketones is 1. The lowest BCUT2D eigenvalue weighted by atomic mass is 9.99. The predicted octanol–water partition coefficient (Wildman–Crippen LogP) is 4.42. The summed E-state index contributed by atoms with van der Waals surface area (Å²) >= 11 is 12.5. The summed E-state index contributed by atoms with van der Waals surface area (Å²) in [6, 6.07) is 13.6. The molecule has 0 saturated heterocycles. The molecule has 2 aromatic carbocycles. The Morgan fingerprint density at radius 2 is 1.88 bits per heavy atom. The molecule has 4 rings (SSSR count). The summed E-state index contributed by atoms with van der Waals surface area (Å²) in [6.07, 6.45) is 8.88. The highest BCUT2D eigenvalue weighted by atomic mass is 35.5. The van der Waals surface area contributed by atoms with E-state index in [0.717, 1.165) is 5.56 Å². The number of halogens is 2. The Kier molecular flexibility index (Phi) is 7.05. The van der Waals surface area contributed by atoms with E-state index in [9.17, 15) is 9.59 Å². The second kappa shape index (κ2) is 10.2. The summed E-state index contributed by atoms with van der Waals surface area (Å²) < 4.78 is 6.90. The molecule has 1 aliphatic rings. The molecule has 2 atom stereocenters. The number of carbonyl (C=O) groups excluding carboxylic acids is 2. The first kappa shape index (κ1) is 23.6. The standard InChI is InChI=1S/C25H22Cl2N4O3/c1-34-17-10-8-16(9-11-17)15-21(24(32)25(28)33)30-13-3-2-7-22(30)31-14-12-20(29-31)18-5-4-6-19(26)23(18)27/h2-14,21-22H,15H2,1H3,(H2,28,33). The van der Waals surface area contributed by atoms with Gasteiger partial charge in [-0.3, -0.25) is 9.59 Å². The molecule has 174 valence electrons. The van der Waals surface area contributed by atoms with Crippen molar-refractivity contribution in [2.45, 2.75) is 18.6 Å². The first-order chi connectivity index (χ1) is 16.4. The highest BCUT2D eigenvalue weighted by Gasteiger charge is 2.33. The molecule has 1 aliphatic heterocycles. The third-order valence-corrected chi connectivity index (χ3v) is 6.38. The van der Waals surface area contributed by atoms with E-state index >= 15 is 0 Å². The normalized spacial score (nSPS) is 15.9. The summed E-state index contributed by atoms with van der Waals surface area (Å²) in [4.78, 5) is 26.6. The van der Waals surface area contributed by atoms with Gasteiger partial charge < -0.3 is 15.4 Å². The van der Waals surface area contributed by atoms with Crippen molar-refractivity contribution in [3.8, 4) is 17.0 Å². The highest BCUT2D eigenvalue weighted by molar-refractivity contribution is 6.43. The smallest absolute Gasteiger partial charge is 0.287 e. The minimum atomic E-state index is -0.993. The van der Waals surface area contributed by atoms with Crippen LogP contribution >= 0.6 is 23.2 Å².